The molecule has 0 saturated carbocycles. The summed E-state index contributed by atoms with van der Waals surface area (Å²) in [5, 5.41) is 3.36. The Labute approximate surface area is 155 Å². The van der Waals surface area contributed by atoms with E-state index in [4.69, 9.17) is 0 Å². The zero-order valence-electron chi connectivity index (χ0n) is 14.3. The average molecular weight is 375 g/mol. The number of piperidine rings is 1. The highest BCUT2D eigenvalue weighted by Gasteiger charge is 2.41. The molecule has 0 aromatic carbocycles. The number of hydrogen-bond acceptors (Lipinski definition) is 2. The van der Waals surface area contributed by atoms with Crippen LogP contribution in [-0.2, 0) is 0 Å². The van der Waals surface area contributed by atoms with Crippen LogP contribution in [0, 0.1) is 5.41 Å². The molecule has 0 aromatic heterocycles. The first kappa shape index (κ1) is 17.7. The van der Waals surface area contributed by atoms with Gasteiger partial charge in [0.1, 0.15) is 0 Å². The lowest BCUT2D eigenvalue weighted by molar-refractivity contribution is -0.0321. The number of hydrogen-bond donors (Lipinski definition) is 1. The second-order valence-corrected chi connectivity index (χ2v) is 7.99. The zero-order valence-corrected chi connectivity index (χ0v) is 15.1. The van der Waals surface area contributed by atoms with E-state index in [2.05, 4.69) is 29.6 Å². The highest BCUT2D eigenvalue weighted by molar-refractivity contribution is 8.04. The summed E-state index contributed by atoms with van der Waals surface area (Å²) in [6, 6.07) is 0. The molecule has 1 saturated heterocycles. The highest BCUT2D eigenvalue weighted by atomic mass is 32.2. The molecule has 1 fully saturated rings. The van der Waals surface area contributed by atoms with Crippen LogP contribution >= 0.6 is 11.8 Å². The van der Waals surface area contributed by atoms with E-state index in [9.17, 15) is 13.2 Å². The van der Waals surface area contributed by atoms with Gasteiger partial charge in [0.2, 0.25) is 0 Å². The predicted molar refractivity (Wildman–Crippen MR) is 101 cm³/mol. The maximum absolute atomic E-state index is 12.9. The smallest absolute Gasteiger partial charge is 0.316 e. The van der Waals surface area contributed by atoms with Gasteiger partial charge < -0.3 is 5.32 Å². The summed E-state index contributed by atoms with van der Waals surface area (Å²) in [6.45, 7) is 1.84. The number of allylic oxidation sites excluding steroid dienone is 12. The van der Waals surface area contributed by atoms with Crippen molar-refractivity contribution in [3.8, 4) is 0 Å². The van der Waals surface area contributed by atoms with Gasteiger partial charge in [0.15, 0.2) is 0 Å². The lowest BCUT2D eigenvalue weighted by Gasteiger charge is -2.39. The van der Waals surface area contributed by atoms with Crippen molar-refractivity contribution in [3.05, 3.63) is 81.9 Å². The first-order valence-electron chi connectivity index (χ1n) is 8.84. The van der Waals surface area contributed by atoms with Crippen molar-refractivity contribution in [1.29, 1.82) is 0 Å². The normalized spacial score (nSPS) is 28.0. The van der Waals surface area contributed by atoms with Crippen molar-refractivity contribution < 1.29 is 13.2 Å². The summed E-state index contributed by atoms with van der Waals surface area (Å²) in [7, 11) is 0. The molecule has 5 heteroatoms. The van der Waals surface area contributed by atoms with E-state index in [0.29, 0.717) is 11.3 Å². The Kier molecular flexibility index (Phi) is 4.61. The van der Waals surface area contributed by atoms with Gasteiger partial charge in [-0.2, -0.15) is 13.2 Å². The maximum atomic E-state index is 12.9. The Morgan fingerprint density at radius 1 is 1.04 bits per heavy atom. The fourth-order valence-electron chi connectivity index (χ4n) is 4.13. The van der Waals surface area contributed by atoms with E-state index in [1.165, 1.54) is 5.57 Å². The van der Waals surface area contributed by atoms with E-state index in [-0.39, 0.29) is 17.2 Å². The van der Waals surface area contributed by atoms with Crippen LogP contribution in [0.2, 0.25) is 0 Å². The molecular formula is C21H20F3NS. The largest absolute Gasteiger partial charge is 0.446 e. The second kappa shape index (κ2) is 6.78. The standard InChI is InChI=1S/C21H20F3NS/c22-21(23,24)26-17-7-11-20-10-2-1-4-16(20)5-3-6-18(19(20)14-17)15-8-12-25-13-9-15/h1-7,10,14,25H,8-9,11-13H2. The average Bonchev–Trinajstić information content (AvgIpc) is 2.78. The minimum absolute atomic E-state index is 0.0109. The van der Waals surface area contributed by atoms with Gasteiger partial charge in [-0.15, -0.1) is 0 Å². The van der Waals surface area contributed by atoms with Crippen LogP contribution in [0.3, 0.4) is 0 Å². The molecule has 0 amide bonds. The molecule has 0 radical (unpaired) electrons. The first-order chi connectivity index (χ1) is 12.5. The lowest BCUT2D eigenvalue weighted by atomic mass is 9.65. The fraction of sp³-hybridized carbons (Fsp3) is 0.333. The van der Waals surface area contributed by atoms with Gasteiger partial charge in [0.05, 0.1) is 0 Å². The van der Waals surface area contributed by atoms with Crippen LogP contribution in [0.25, 0.3) is 0 Å². The number of rotatable bonds is 1. The Hall–Kier alpha value is -1.72. The molecule has 1 atom stereocenters. The Morgan fingerprint density at radius 2 is 1.85 bits per heavy atom. The van der Waals surface area contributed by atoms with Crippen LogP contribution in [0.5, 0.6) is 0 Å². The molecule has 1 spiro atoms. The van der Waals surface area contributed by atoms with Crippen molar-refractivity contribution in [3.63, 3.8) is 0 Å². The summed E-state index contributed by atoms with van der Waals surface area (Å²) in [6.07, 6.45) is 20.4. The first-order valence-corrected chi connectivity index (χ1v) is 9.66. The molecule has 0 aromatic rings. The summed E-state index contributed by atoms with van der Waals surface area (Å²) in [5.41, 5.74) is -0.0332. The third-order valence-corrected chi connectivity index (χ3v) is 6.08. The molecule has 1 heterocycles. The SMILES string of the molecule is FC(F)(F)SC1=CCC23C=CC=CC2=CC=CC(=C2CCNCC2)C3=C1. The molecule has 4 aliphatic rings. The molecule has 4 rings (SSSR count). The zero-order chi connectivity index (χ0) is 18.2. The molecule has 136 valence electrons. The van der Waals surface area contributed by atoms with Crippen molar-refractivity contribution in [2.75, 3.05) is 13.1 Å². The van der Waals surface area contributed by atoms with Gasteiger partial charge in [0, 0.05) is 10.3 Å². The monoisotopic (exact) mass is 375 g/mol. The molecule has 26 heavy (non-hydrogen) atoms. The Bertz CT molecular complexity index is 813. The van der Waals surface area contributed by atoms with Gasteiger partial charge in [-0.1, -0.05) is 54.2 Å². The van der Waals surface area contributed by atoms with Gasteiger partial charge in [-0.3, -0.25) is 0 Å². The fourth-order valence-corrected chi connectivity index (χ4v) is 4.74. The molecule has 0 bridgehead atoms. The van der Waals surface area contributed by atoms with Crippen LogP contribution in [-0.4, -0.2) is 18.6 Å². The van der Waals surface area contributed by atoms with Crippen LogP contribution in [0.15, 0.2) is 81.9 Å². The van der Waals surface area contributed by atoms with E-state index < -0.39 is 5.51 Å². The van der Waals surface area contributed by atoms with Crippen LogP contribution in [0.4, 0.5) is 13.2 Å². The van der Waals surface area contributed by atoms with Crippen molar-refractivity contribution in [2.24, 2.45) is 5.41 Å². The third-order valence-electron chi connectivity index (χ3n) is 5.33. The lowest BCUT2D eigenvalue weighted by Crippen LogP contribution is -2.29. The van der Waals surface area contributed by atoms with Gasteiger partial charge >= 0.3 is 5.51 Å². The predicted octanol–water partition coefficient (Wildman–Crippen LogP) is 5.74. The molecule has 1 nitrogen and oxygen atoms in total. The van der Waals surface area contributed by atoms with Crippen molar-refractivity contribution in [1.82, 2.24) is 5.32 Å². The van der Waals surface area contributed by atoms with Gasteiger partial charge in [-0.05, 0) is 66.9 Å². The van der Waals surface area contributed by atoms with Gasteiger partial charge in [0.25, 0.3) is 0 Å². The minimum Gasteiger partial charge on any atom is -0.316 e. The Morgan fingerprint density at radius 3 is 2.62 bits per heavy atom. The summed E-state index contributed by atoms with van der Waals surface area (Å²) in [5.74, 6) is 0. The summed E-state index contributed by atoms with van der Waals surface area (Å²) < 4.78 is 38.8. The van der Waals surface area contributed by atoms with E-state index >= 15 is 0 Å². The topological polar surface area (TPSA) is 12.0 Å². The van der Waals surface area contributed by atoms with E-state index in [1.807, 2.05) is 18.2 Å². The molecule has 3 aliphatic carbocycles. The number of thioether (sulfide) groups is 1. The van der Waals surface area contributed by atoms with E-state index in [1.54, 1.807) is 12.2 Å². The second-order valence-electron chi connectivity index (χ2n) is 6.85. The Balaban J connectivity index is 1.84. The van der Waals surface area contributed by atoms with Crippen LogP contribution < -0.4 is 5.32 Å². The summed E-state index contributed by atoms with van der Waals surface area (Å²) in [4.78, 5) is 0.294. The molecule has 1 N–H and O–H groups in total. The van der Waals surface area contributed by atoms with Crippen molar-refractivity contribution >= 4 is 11.8 Å². The van der Waals surface area contributed by atoms with Crippen molar-refractivity contribution in [2.45, 2.75) is 24.8 Å². The van der Waals surface area contributed by atoms with Crippen LogP contribution in [0.1, 0.15) is 19.3 Å². The highest BCUT2D eigenvalue weighted by Crippen LogP contribution is 2.53. The third kappa shape index (κ3) is 3.30. The minimum atomic E-state index is -4.27. The molecule has 1 aliphatic heterocycles. The quantitative estimate of drug-likeness (QED) is 0.627. The number of halogens is 3. The van der Waals surface area contributed by atoms with Gasteiger partial charge in [-0.25, -0.2) is 0 Å². The number of alkyl halides is 3. The maximum Gasteiger partial charge on any atom is 0.446 e. The molecule has 1 unspecified atom stereocenters. The van der Waals surface area contributed by atoms with E-state index in [0.717, 1.165) is 42.7 Å². The summed E-state index contributed by atoms with van der Waals surface area (Å²) >= 11 is -0.0109. The number of nitrogens with one attached hydrogen (secondary N) is 1. The molecular weight excluding hydrogens is 355 g/mol.